The third-order valence-electron chi connectivity index (χ3n) is 6.63. The molecule has 0 aromatic carbocycles. The summed E-state index contributed by atoms with van der Waals surface area (Å²) in [4.78, 5) is 24.2. The molecule has 29 heavy (non-hydrogen) atoms. The Balaban J connectivity index is 1.62. The van der Waals surface area contributed by atoms with Gasteiger partial charge in [-0.1, -0.05) is 0 Å². The average molecular weight is 417 g/mol. The monoisotopic (exact) mass is 416 g/mol. The van der Waals surface area contributed by atoms with Crippen molar-refractivity contribution >= 4 is 17.2 Å². The van der Waals surface area contributed by atoms with Crippen molar-refractivity contribution < 1.29 is 9.53 Å². The van der Waals surface area contributed by atoms with Crippen molar-refractivity contribution in [1.82, 2.24) is 19.4 Å². The number of hydrogen-bond acceptors (Lipinski definition) is 5. The molecule has 2 aliphatic rings. The number of hydrogen-bond donors (Lipinski definition) is 0. The minimum atomic E-state index is -0.366. The van der Waals surface area contributed by atoms with Crippen LogP contribution in [0.3, 0.4) is 0 Å². The molecule has 7 heteroatoms. The molecule has 6 nitrogen and oxygen atoms in total. The van der Waals surface area contributed by atoms with Gasteiger partial charge in [0.05, 0.1) is 24.0 Å². The van der Waals surface area contributed by atoms with Crippen LogP contribution < -0.4 is 0 Å². The van der Waals surface area contributed by atoms with Crippen molar-refractivity contribution in [3.8, 4) is 0 Å². The maximum absolute atomic E-state index is 13.6. The van der Waals surface area contributed by atoms with Crippen LogP contribution in [-0.4, -0.2) is 65.2 Å². The first-order chi connectivity index (χ1) is 13.9. The van der Waals surface area contributed by atoms with E-state index in [4.69, 9.17) is 9.72 Å². The number of carbonyl (C=O) groups is 1. The lowest BCUT2D eigenvalue weighted by Crippen LogP contribution is -2.40. The zero-order chi connectivity index (χ0) is 20.6. The van der Waals surface area contributed by atoms with Crippen molar-refractivity contribution in [3.63, 3.8) is 0 Å². The van der Waals surface area contributed by atoms with E-state index < -0.39 is 0 Å². The van der Waals surface area contributed by atoms with Gasteiger partial charge in [0.2, 0.25) is 5.91 Å². The predicted molar refractivity (Wildman–Crippen MR) is 115 cm³/mol. The fraction of sp³-hybridized carbons (Fsp3) is 0.636. The van der Waals surface area contributed by atoms with E-state index in [0.717, 1.165) is 38.3 Å². The minimum Gasteiger partial charge on any atom is -0.383 e. The van der Waals surface area contributed by atoms with Crippen molar-refractivity contribution in [2.24, 2.45) is 5.41 Å². The summed E-state index contributed by atoms with van der Waals surface area (Å²) in [5, 5.41) is 2.16. The quantitative estimate of drug-likeness (QED) is 0.695. The van der Waals surface area contributed by atoms with Gasteiger partial charge in [0.25, 0.3) is 0 Å². The average Bonchev–Trinajstić information content (AvgIpc) is 3.45. The van der Waals surface area contributed by atoms with Crippen molar-refractivity contribution in [2.45, 2.75) is 45.7 Å². The first-order valence-corrected chi connectivity index (χ1v) is 11.4. The lowest BCUT2D eigenvalue weighted by atomic mass is 9.75. The number of aromatic nitrogens is 2. The highest BCUT2D eigenvalue weighted by atomic mass is 32.1. The lowest BCUT2D eigenvalue weighted by Gasteiger charge is -2.28. The van der Waals surface area contributed by atoms with Crippen LogP contribution in [-0.2, 0) is 16.1 Å². The minimum absolute atomic E-state index is 0.141. The van der Waals surface area contributed by atoms with Gasteiger partial charge in [-0.25, -0.2) is 4.98 Å². The SMILES string of the molecule is COCCN1CC[C@]2(CN(Cc3sccc3C)C[C@@H]2c2cn(C(C)C)cn2)C1=O. The second-order valence-corrected chi connectivity index (χ2v) is 9.78. The number of aryl methyl sites for hydroxylation is 1. The van der Waals surface area contributed by atoms with Crippen LogP contribution in [0.4, 0.5) is 0 Å². The van der Waals surface area contributed by atoms with Gasteiger partial charge in [-0.15, -0.1) is 11.3 Å². The molecule has 2 fully saturated rings. The van der Waals surface area contributed by atoms with Crippen molar-refractivity contribution in [3.05, 3.63) is 40.1 Å². The van der Waals surface area contributed by atoms with Crippen LogP contribution in [0.25, 0.3) is 0 Å². The van der Waals surface area contributed by atoms with Gasteiger partial charge in [0.1, 0.15) is 0 Å². The summed E-state index contributed by atoms with van der Waals surface area (Å²) in [7, 11) is 1.69. The largest absolute Gasteiger partial charge is 0.383 e. The summed E-state index contributed by atoms with van der Waals surface area (Å²) in [5.74, 6) is 0.423. The number of ether oxygens (including phenoxy) is 1. The molecule has 0 saturated carbocycles. The summed E-state index contributed by atoms with van der Waals surface area (Å²) in [6.45, 7) is 11.2. The number of methoxy groups -OCH3 is 1. The topological polar surface area (TPSA) is 50.6 Å². The normalized spacial score (nSPS) is 25.2. The summed E-state index contributed by atoms with van der Waals surface area (Å²) < 4.78 is 7.38. The molecule has 2 aromatic heterocycles. The predicted octanol–water partition coefficient (Wildman–Crippen LogP) is 3.30. The standard InChI is InChI=1S/C22H32N4O2S/c1-16(2)26-12-19(23-15-26)18-11-24(13-20-17(3)5-10-29-20)14-22(18)6-7-25(21(22)27)8-9-28-4/h5,10,12,15-16,18H,6-9,11,13-14H2,1-4H3/t18-,22-/m1/s1. The Morgan fingerprint density at radius 3 is 2.90 bits per heavy atom. The zero-order valence-electron chi connectivity index (χ0n) is 17.9. The van der Waals surface area contributed by atoms with Gasteiger partial charge >= 0.3 is 0 Å². The van der Waals surface area contributed by atoms with E-state index in [0.29, 0.717) is 19.2 Å². The molecular weight excluding hydrogens is 384 g/mol. The van der Waals surface area contributed by atoms with Gasteiger partial charge in [0, 0.05) is 62.9 Å². The van der Waals surface area contributed by atoms with E-state index in [2.05, 4.69) is 47.9 Å². The molecule has 4 rings (SSSR count). The molecule has 0 bridgehead atoms. The molecule has 1 spiro atoms. The van der Waals surface area contributed by atoms with E-state index in [1.165, 1.54) is 10.4 Å². The Morgan fingerprint density at radius 2 is 2.24 bits per heavy atom. The van der Waals surface area contributed by atoms with Crippen molar-refractivity contribution in [2.75, 3.05) is 39.9 Å². The molecule has 0 radical (unpaired) electrons. The molecule has 1 amide bonds. The Morgan fingerprint density at radius 1 is 1.41 bits per heavy atom. The Bertz CT molecular complexity index is 861. The summed E-state index contributed by atoms with van der Waals surface area (Å²) in [5.41, 5.74) is 2.04. The third-order valence-corrected chi connectivity index (χ3v) is 7.64. The smallest absolute Gasteiger partial charge is 0.230 e. The maximum atomic E-state index is 13.6. The van der Waals surface area contributed by atoms with Crippen LogP contribution in [0.15, 0.2) is 24.0 Å². The molecule has 2 aromatic rings. The zero-order valence-corrected chi connectivity index (χ0v) is 18.7. The van der Waals surface area contributed by atoms with E-state index in [1.54, 1.807) is 7.11 Å². The summed E-state index contributed by atoms with van der Waals surface area (Å²) in [6.07, 6.45) is 4.97. The fourth-order valence-corrected chi connectivity index (χ4v) is 5.78. The van der Waals surface area contributed by atoms with Gasteiger partial charge in [-0.2, -0.15) is 0 Å². The van der Waals surface area contributed by atoms with Gasteiger partial charge < -0.3 is 14.2 Å². The highest BCUT2D eigenvalue weighted by Crippen LogP contribution is 2.50. The van der Waals surface area contributed by atoms with E-state index in [9.17, 15) is 4.79 Å². The molecule has 4 heterocycles. The molecule has 0 aliphatic carbocycles. The van der Waals surface area contributed by atoms with Crippen LogP contribution in [0.1, 0.15) is 48.4 Å². The van der Waals surface area contributed by atoms with Crippen LogP contribution >= 0.6 is 11.3 Å². The lowest BCUT2D eigenvalue weighted by molar-refractivity contribution is -0.136. The molecule has 0 N–H and O–H groups in total. The molecule has 2 aliphatic heterocycles. The molecule has 0 unspecified atom stereocenters. The third kappa shape index (κ3) is 3.76. The van der Waals surface area contributed by atoms with Crippen LogP contribution in [0, 0.1) is 12.3 Å². The van der Waals surface area contributed by atoms with E-state index in [-0.39, 0.29) is 17.2 Å². The Labute approximate surface area is 177 Å². The summed E-state index contributed by atoms with van der Waals surface area (Å²) >= 11 is 1.81. The molecule has 2 saturated heterocycles. The number of nitrogens with zero attached hydrogens (tertiary/aromatic N) is 4. The fourth-order valence-electron chi connectivity index (χ4n) is 4.83. The Kier molecular flexibility index (Phi) is 5.82. The number of amides is 1. The second kappa shape index (κ2) is 8.20. The molecule has 2 atom stereocenters. The molecule has 158 valence electrons. The molecular formula is C22H32N4O2S. The van der Waals surface area contributed by atoms with E-state index in [1.807, 2.05) is 22.6 Å². The first-order valence-electron chi connectivity index (χ1n) is 10.5. The highest BCUT2D eigenvalue weighted by Gasteiger charge is 2.57. The number of thiophene rings is 1. The second-order valence-electron chi connectivity index (χ2n) is 8.78. The number of imidazole rings is 1. The van der Waals surface area contributed by atoms with Crippen LogP contribution in [0.5, 0.6) is 0 Å². The highest BCUT2D eigenvalue weighted by molar-refractivity contribution is 7.10. The van der Waals surface area contributed by atoms with Crippen LogP contribution in [0.2, 0.25) is 0 Å². The first kappa shape index (κ1) is 20.6. The maximum Gasteiger partial charge on any atom is 0.230 e. The Hall–Kier alpha value is -1.70. The van der Waals surface area contributed by atoms with E-state index >= 15 is 0 Å². The summed E-state index contributed by atoms with van der Waals surface area (Å²) in [6, 6.07) is 2.55. The van der Waals surface area contributed by atoms with Crippen molar-refractivity contribution in [1.29, 1.82) is 0 Å². The number of likely N-dealkylation sites (tertiary alicyclic amines) is 2. The number of carbonyl (C=O) groups excluding carboxylic acids is 1. The van der Waals surface area contributed by atoms with Gasteiger partial charge in [-0.3, -0.25) is 9.69 Å². The number of rotatable bonds is 7. The van der Waals surface area contributed by atoms with Gasteiger partial charge in [0.15, 0.2) is 0 Å². The van der Waals surface area contributed by atoms with Gasteiger partial charge in [-0.05, 0) is 44.2 Å².